The number of fused-ring (bicyclic) bond motifs is 1. The van der Waals surface area contributed by atoms with Crippen molar-refractivity contribution in [3.05, 3.63) is 47.7 Å². The van der Waals surface area contributed by atoms with Gasteiger partial charge in [0.25, 0.3) is 0 Å². The SMILES string of the molecule is Cn1ccc(NC(=O)/C=C/c2ccc3c(c2)CCO3)n1. The average Bonchev–Trinajstić information content (AvgIpc) is 3.04. The second kappa shape index (κ2) is 5.21. The van der Waals surface area contributed by atoms with E-state index in [1.807, 2.05) is 18.2 Å². The standard InChI is InChI=1S/C15H15N3O2/c1-18-8-6-14(17-18)16-15(19)5-3-11-2-4-13-12(10-11)7-9-20-13/h2-6,8,10H,7,9H2,1H3,(H,16,17,19)/b5-3+. The molecule has 5 heteroatoms. The maximum atomic E-state index is 11.8. The fraction of sp³-hybridized carbons (Fsp3) is 0.200. The highest BCUT2D eigenvalue weighted by atomic mass is 16.5. The van der Waals surface area contributed by atoms with Crippen molar-refractivity contribution < 1.29 is 9.53 Å². The maximum absolute atomic E-state index is 11.8. The third-order valence-corrected chi connectivity index (χ3v) is 3.11. The lowest BCUT2D eigenvalue weighted by molar-refractivity contribution is -0.111. The van der Waals surface area contributed by atoms with Crippen LogP contribution >= 0.6 is 0 Å². The number of nitrogens with one attached hydrogen (secondary N) is 1. The molecule has 1 aromatic heterocycles. The summed E-state index contributed by atoms with van der Waals surface area (Å²) in [5, 5.41) is 6.79. The summed E-state index contributed by atoms with van der Waals surface area (Å²) < 4.78 is 7.09. The van der Waals surface area contributed by atoms with Crippen LogP contribution in [0.15, 0.2) is 36.5 Å². The van der Waals surface area contributed by atoms with Crippen molar-refractivity contribution in [3.63, 3.8) is 0 Å². The molecule has 0 radical (unpaired) electrons. The van der Waals surface area contributed by atoms with Crippen molar-refractivity contribution in [2.75, 3.05) is 11.9 Å². The Kier molecular flexibility index (Phi) is 3.25. The molecule has 0 bridgehead atoms. The van der Waals surface area contributed by atoms with Gasteiger partial charge in [0.2, 0.25) is 5.91 Å². The Hall–Kier alpha value is -2.56. The smallest absolute Gasteiger partial charge is 0.249 e. The molecule has 5 nitrogen and oxygen atoms in total. The van der Waals surface area contributed by atoms with E-state index in [1.54, 1.807) is 30.1 Å². The number of nitrogens with zero attached hydrogens (tertiary/aromatic N) is 2. The van der Waals surface area contributed by atoms with Gasteiger partial charge in [-0.2, -0.15) is 5.10 Å². The van der Waals surface area contributed by atoms with Gasteiger partial charge in [0.05, 0.1) is 6.61 Å². The van der Waals surface area contributed by atoms with Crippen LogP contribution in [-0.2, 0) is 18.3 Å². The molecule has 1 amide bonds. The van der Waals surface area contributed by atoms with Gasteiger partial charge in [-0.05, 0) is 29.3 Å². The van der Waals surface area contributed by atoms with Crippen LogP contribution in [0.2, 0.25) is 0 Å². The van der Waals surface area contributed by atoms with Crippen LogP contribution in [0.3, 0.4) is 0 Å². The highest BCUT2D eigenvalue weighted by molar-refractivity contribution is 6.01. The first-order chi connectivity index (χ1) is 9.70. The Morgan fingerprint density at radius 1 is 1.45 bits per heavy atom. The molecule has 0 fully saturated rings. The van der Waals surface area contributed by atoms with Gasteiger partial charge in [-0.3, -0.25) is 9.48 Å². The van der Waals surface area contributed by atoms with Crippen molar-refractivity contribution >= 4 is 17.8 Å². The van der Waals surface area contributed by atoms with Gasteiger partial charge in [-0.15, -0.1) is 0 Å². The highest BCUT2D eigenvalue weighted by Crippen LogP contribution is 2.26. The molecule has 3 rings (SSSR count). The lowest BCUT2D eigenvalue weighted by Gasteiger charge is -2.00. The van der Waals surface area contributed by atoms with E-state index in [2.05, 4.69) is 10.4 Å². The van der Waals surface area contributed by atoms with Crippen molar-refractivity contribution in [2.24, 2.45) is 7.05 Å². The van der Waals surface area contributed by atoms with E-state index >= 15 is 0 Å². The van der Waals surface area contributed by atoms with Gasteiger partial charge >= 0.3 is 0 Å². The monoisotopic (exact) mass is 269 g/mol. The number of benzene rings is 1. The fourth-order valence-corrected chi connectivity index (χ4v) is 2.13. The third kappa shape index (κ3) is 2.71. The van der Waals surface area contributed by atoms with Crippen LogP contribution in [0.25, 0.3) is 6.08 Å². The minimum atomic E-state index is -0.194. The summed E-state index contributed by atoms with van der Waals surface area (Å²) >= 11 is 0. The van der Waals surface area contributed by atoms with Gasteiger partial charge in [0, 0.05) is 31.8 Å². The van der Waals surface area contributed by atoms with E-state index in [4.69, 9.17) is 4.74 Å². The average molecular weight is 269 g/mol. The zero-order valence-electron chi connectivity index (χ0n) is 11.2. The first-order valence-corrected chi connectivity index (χ1v) is 6.45. The molecule has 2 aromatic rings. The normalized spacial score (nSPS) is 13.2. The Morgan fingerprint density at radius 3 is 3.15 bits per heavy atom. The molecule has 1 aliphatic heterocycles. The van der Waals surface area contributed by atoms with Crippen LogP contribution in [0, 0.1) is 0 Å². The molecule has 1 aromatic carbocycles. The Morgan fingerprint density at radius 2 is 2.35 bits per heavy atom. The van der Waals surface area contributed by atoms with Crippen LogP contribution in [0.5, 0.6) is 5.75 Å². The minimum Gasteiger partial charge on any atom is -0.493 e. The minimum absolute atomic E-state index is 0.194. The largest absolute Gasteiger partial charge is 0.493 e. The van der Waals surface area contributed by atoms with Gasteiger partial charge in [0.15, 0.2) is 5.82 Å². The molecule has 0 unspecified atom stereocenters. The lowest BCUT2D eigenvalue weighted by atomic mass is 10.1. The second-order valence-electron chi connectivity index (χ2n) is 4.66. The number of amides is 1. The molecule has 1 N–H and O–H groups in total. The van der Waals surface area contributed by atoms with E-state index in [0.717, 1.165) is 24.3 Å². The quantitative estimate of drug-likeness (QED) is 0.867. The topological polar surface area (TPSA) is 56.2 Å². The number of hydrogen-bond acceptors (Lipinski definition) is 3. The predicted molar refractivity (Wildman–Crippen MR) is 76.5 cm³/mol. The summed E-state index contributed by atoms with van der Waals surface area (Å²) in [7, 11) is 1.80. The van der Waals surface area contributed by atoms with Crippen molar-refractivity contribution in [1.29, 1.82) is 0 Å². The first kappa shape index (κ1) is 12.5. The molecule has 0 saturated heterocycles. The molecule has 0 aliphatic carbocycles. The predicted octanol–water partition coefficient (Wildman–Crippen LogP) is 2.01. The molecule has 2 heterocycles. The molecule has 0 saturated carbocycles. The molecule has 0 atom stereocenters. The number of aromatic nitrogens is 2. The lowest BCUT2D eigenvalue weighted by Crippen LogP contribution is -2.08. The van der Waals surface area contributed by atoms with Gasteiger partial charge in [-0.1, -0.05) is 6.07 Å². The summed E-state index contributed by atoms with van der Waals surface area (Å²) in [6.45, 7) is 0.739. The molecular weight excluding hydrogens is 254 g/mol. The van der Waals surface area contributed by atoms with E-state index < -0.39 is 0 Å². The Labute approximate surface area is 116 Å². The molecule has 102 valence electrons. The van der Waals surface area contributed by atoms with E-state index in [1.165, 1.54) is 11.6 Å². The number of rotatable bonds is 3. The highest BCUT2D eigenvalue weighted by Gasteiger charge is 2.11. The van der Waals surface area contributed by atoms with Crippen LogP contribution in [0.1, 0.15) is 11.1 Å². The van der Waals surface area contributed by atoms with Gasteiger partial charge in [-0.25, -0.2) is 0 Å². The number of hydrogen-bond donors (Lipinski definition) is 1. The zero-order valence-corrected chi connectivity index (χ0v) is 11.2. The van der Waals surface area contributed by atoms with Crippen LogP contribution < -0.4 is 10.1 Å². The Bertz CT molecular complexity index is 674. The third-order valence-electron chi connectivity index (χ3n) is 3.11. The van der Waals surface area contributed by atoms with Crippen LogP contribution in [0.4, 0.5) is 5.82 Å². The number of ether oxygens (including phenoxy) is 1. The number of anilines is 1. The van der Waals surface area contributed by atoms with Gasteiger partial charge in [0.1, 0.15) is 5.75 Å². The maximum Gasteiger partial charge on any atom is 0.249 e. The fourth-order valence-electron chi connectivity index (χ4n) is 2.13. The van der Waals surface area contributed by atoms with E-state index in [9.17, 15) is 4.79 Å². The van der Waals surface area contributed by atoms with Gasteiger partial charge < -0.3 is 10.1 Å². The number of carbonyl (C=O) groups is 1. The molecular formula is C15H15N3O2. The van der Waals surface area contributed by atoms with E-state index in [0.29, 0.717) is 5.82 Å². The summed E-state index contributed by atoms with van der Waals surface area (Å²) in [5.74, 6) is 1.30. The number of aryl methyl sites for hydroxylation is 1. The van der Waals surface area contributed by atoms with Crippen molar-refractivity contribution in [1.82, 2.24) is 9.78 Å². The van der Waals surface area contributed by atoms with Crippen molar-refractivity contribution in [2.45, 2.75) is 6.42 Å². The summed E-state index contributed by atoms with van der Waals surface area (Å²) in [5.41, 5.74) is 2.18. The molecule has 0 spiro atoms. The first-order valence-electron chi connectivity index (χ1n) is 6.45. The van der Waals surface area contributed by atoms with Crippen LogP contribution in [-0.4, -0.2) is 22.3 Å². The zero-order chi connectivity index (χ0) is 13.9. The Balaban J connectivity index is 1.66. The molecule has 20 heavy (non-hydrogen) atoms. The van der Waals surface area contributed by atoms with Crippen molar-refractivity contribution in [3.8, 4) is 5.75 Å². The summed E-state index contributed by atoms with van der Waals surface area (Å²) in [4.78, 5) is 11.8. The number of carbonyl (C=O) groups excluding carboxylic acids is 1. The second-order valence-corrected chi connectivity index (χ2v) is 4.66. The summed E-state index contributed by atoms with van der Waals surface area (Å²) in [6, 6.07) is 7.68. The van der Waals surface area contributed by atoms with E-state index in [-0.39, 0.29) is 5.91 Å². The molecule has 1 aliphatic rings. The summed E-state index contributed by atoms with van der Waals surface area (Å²) in [6.07, 6.45) is 6.00.